The van der Waals surface area contributed by atoms with Crippen LogP contribution in [0.5, 0.6) is 0 Å². The van der Waals surface area contributed by atoms with Gasteiger partial charge in [-0.3, -0.25) is 13.9 Å². The van der Waals surface area contributed by atoms with Gasteiger partial charge in [0.05, 0.1) is 21.2 Å². The summed E-state index contributed by atoms with van der Waals surface area (Å²) in [6.45, 7) is 3.59. The van der Waals surface area contributed by atoms with E-state index in [1.54, 1.807) is 13.0 Å². The lowest BCUT2D eigenvalue weighted by Gasteiger charge is -2.32. The average Bonchev–Trinajstić information content (AvgIpc) is 2.95. The number of sulfonamides is 1. The first-order valence-electron chi connectivity index (χ1n) is 12.9. The molecule has 0 unspecified atom stereocenters. The van der Waals surface area contributed by atoms with Crippen LogP contribution in [0.2, 0.25) is 5.02 Å². The van der Waals surface area contributed by atoms with E-state index in [0.29, 0.717) is 16.8 Å². The maximum atomic E-state index is 14.6. The first-order valence-corrected chi connectivity index (χ1v) is 14.8. The summed E-state index contributed by atoms with van der Waals surface area (Å²) in [6, 6.07) is 13.4. The van der Waals surface area contributed by atoms with Crippen LogP contribution in [-0.2, 0) is 32.3 Å². The number of amides is 2. The van der Waals surface area contributed by atoms with Gasteiger partial charge >= 0.3 is 6.18 Å². The van der Waals surface area contributed by atoms with Gasteiger partial charge in [-0.1, -0.05) is 54.9 Å². The molecule has 226 valence electrons. The van der Waals surface area contributed by atoms with Crippen molar-refractivity contribution < 1.29 is 35.6 Å². The lowest BCUT2D eigenvalue weighted by atomic mass is 10.1. The van der Waals surface area contributed by atoms with Crippen molar-refractivity contribution >= 4 is 39.1 Å². The van der Waals surface area contributed by atoms with Gasteiger partial charge in [-0.15, -0.1) is 0 Å². The second kappa shape index (κ2) is 13.6. The molecule has 1 N–H and O–H groups in total. The van der Waals surface area contributed by atoms with Gasteiger partial charge < -0.3 is 10.2 Å². The van der Waals surface area contributed by atoms with Crippen molar-refractivity contribution in [1.82, 2.24) is 10.2 Å². The number of hydrogen-bond donors (Lipinski definition) is 1. The van der Waals surface area contributed by atoms with Crippen molar-refractivity contribution in [2.45, 2.75) is 56.9 Å². The van der Waals surface area contributed by atoms with E-state index >= 15 is 0 Å². The Morgan fingerprint density at radius 2 is 1.60 bits per heavy atom. The number of halogens is 5. The van der Waals surface area contributed by atoms with E-state index in [0.717, 1.165) is 17.0 Å². The van der Waals surface area contributed by atoms with Crippen LogP contribution in [0.4, 0.5) is 23.2 Å². The van der Waals surface area contributed by atoms with Crippen LogP contribution in [0.1, 0.15) is 38.3 Å². The SMILES string of the molecule is CC[C@H](C)NC(=O)[C@@H](C)N(Cc1ccccc1F)C(=O)CN(c1ccc(Cl)c(C(F)(F)F)c1)S(=O)(=O)c1ccccc1. The van der Waals surface area contributed by atoms with Crippen LogP contribution in [-0.4, -0.2) is 43.8 Å². The molecule has 3 rings (SSSR count). The minimum absolute atomic E-state index is 0.0531. The maximum Gasteiger partial charge on any atom is 0.417 e. The summed E-state index contributed by atoms with van der Waals surface area (Å²) in [7, 11) is -4.61. The van der Waals surface area contributed by atoms with Crippen LogP contribution in [0, 0.1) is 5.82 Å². The van der Waals surface area contributed by atoms with E-state index in [2.05, 4.69) is 5.32 Å². The lowest BCUT2D eigenvalue weighted by molar-refractivity contribution is -0.139. The van der Waals surface area contributed by atoms with Crippen molar-refractivity contribution in [3.8, 4) is 0 Å². The molecule has 2 amide bonds. The predicted octanol–water partition coefficient (Wildman–Crippen LogP) is 6.03. The molecule has 42 heavy (non-hydrogen) atoms. The number of carbonyl (C=O) groups is 2. The molecule has 0 aliphatic carbocycles. The molecule has 0 spiro atoms. The molecule has 0 aliphatic rings. The fourth-order valence-corrected chi connectivity index (χ4v) is 5.64. The molecule has 13 heteroatoms. The highest BCUT2D eigenvalue weighted by atomic mass is 35.5. The Kier molecular flexibility index (Phi) is 10.6. The van der Waals surface area contributed by atoms with Gasteiger partial charge in [-0.2, -0.15) is 13.2 Å². The van der Waals surface area contributed by atoms with Crippen LogP contribution in [0.15, 0.2) is 77.7 Å². The van der Waals surface area contributed by atoms with Gasteiger partial charge in [0.15, 0.2) is 0 Å². The van der Waals surface area contributed by atoms with Crippen LogP contribution >= 0.6 is 11.6 Å². The number of hydrogen-bond acceptors (Lipinski definition) is 4. The van der Waals surface area contributed by atoms with Crippen molar-refractivity contribution in [2.24, 2.45) is 0 Å². The van der Waals surface area contributed by atoms with Gasteiger partial charge in [0.25, 0.3) is 10.0 Å². The third-order valence-corrected chi connectivity index (χ3v) is 8.74. The van der Waals surface area contributed by atoms with Crippen molar-refractivity contribution in [3.63, 3.8) is 0 Å². The Balaban J connectivity index is 2.11. The van der Waals surface area contributed by atoms with Gasteiger partial charge in [-0.05, 0) is 56.7 Å². The van der Waals surface area contributed by atoms with Gasteiger partial charge in [0.2, 0.25) is 11.8 Å². The van der Waals surface area contributed by atoms with Gasteiger partial charge in [0, 0.05) is 18.2 Å². The summed E-state index contributed by atoms with van der Waals surface area (Å²) in [6.07, 6.45) is -4.33. The minimum atomic E-state index is -4.92. The summed E-state index contributed by atoms with van der Waals surface area (Å²) < 4.78 is 83.7. The molecule has 3 aromatic carbocycles. The lowest BCUT2D eigenvalue weighted by Crippen LogP contribution is -2.52. The zero-order valence-corrected chi connectivity index (χ0v) is 24.6. The zero-order chi connectivity index (χ0) is 31.2. The molecule has 0 aromatic heterocycles. The first kappa shape index (κ1) is 32.9. The molecular formula is C29H30ClF4N3O4S. The van der Waals surface area contributed by atoms with Crippen molar-refractivity contribution in [3.05, 3.63) is 94.8 Å². The average molecular weight is 628 g/mol. The Labute approximate surface area is 247 Å². The standard InChI is InChI=1S/C29H30ClF4N3O4S/c1-4-19(2)35-28(39)20(3)36(17-21-10-8-9-13-26(21)31)27(38)18-37(42(40,41)23-11-6-5-7-12-23)22-14-15-25(30)24(16-22)29(32,33)34/h5-16,19-20H,4,17-18H2,1-3H3,(H,35,39)/t19-,20+/m0/s1. The molecular weight excluding hydrogens is 598 g/mol. The summed E-state index contributed by atoms with van der Waals surface area (Å²) in [5.41, 5.74) is -1.73. The summed E-state index contributed by atoms with van der Waals surface area (Å²) in [5.74, 6) is -2.18. The largest absolute Gasteiger partial charge is 0.417 e. The monoisotopic (exact) mass is 627 g/mol. The van der Waals surface area contributed by atoms with Gasteiger partial charge in [-0.25, -0.2) is 12.8 Å². The molecule has 0 saturated carbocycles. The topological polar surface area (TPSA) is 86.8 Å². The van der Waals surface area contributed by atoms with Crippen LogP contribution in [0.3, 0.4) is 0 Å². The molecule has 0 aliphatic heterocycles. The normalized spacial score (nSPS) is 13.2. The summed E-state index contributed by atoms with van der Waals surface area (Å²) >= 11 is 5.76. The number of carbonyl (C=O) groups excluding carboxylic acids is 2. The molecule has 0 bridgehead atoms. The zero-order valence-electron chi connectivity index (χ0n) is 23.0. The van der Waals surface area contributed by atoms with E-state index in [4.69, 9.17) is 11.6 Å². The highest BCUT2D eigenvalue weighted by Gasteiger charge is 2.37. The summed E-state index contributed by atoms with van der Waals surface area (Å²) in [5, 5.41) is 2.08. The van der Waals surface area contributed by atoms with E-state index in [1.807, 2.05) is 6.92 Å². The third-order valence-electron chi connectivity index (χ3n) is 6.62. The number of anilines is 1. The van der Waals surface area contributed by atoms with E-state index < -0.39 is 69.2 Å². The molecule has 2 atom stereocenters. The highest BCUT2D eigenvalue weighted by Crippen LogP contribution is 2.38. The fraction of sp³-hybridized carbons (Fsp3) is 0.310. The van der Waals surface area contributed by atoms with E-state index in [1.165, 1.54) is 55.5 Å². The van der Waals surface area contributed by atoms with Crippen molar-refractivity contribution in [2.75, 3.05) is 10.8 Å². The van der Waals surface area contributed by atoms with Gasteiger partial charge in [0.1, 0.15) is 18.4 Å². The number of nitrogens with zero attached hydrogens (tertiary/aromatic N) is 2. The van der Waals surface area contributed by atoms with Crippen LogP contribution < -0.4 is 9.62 Å². The Morgan fingerprint density at radius 3 is 2.19 bits per heavy atom. The second-order valence-electron chi connectivity index (χ2n) is 9.59. The smallest absolute Gasteiger partial charge is 0.352 e. The number of rotatable bonds is 11. The van der Waals surface area contributed by atoms with Crippen LogP contribution in [0.25, 0.3) is 0 Å². The quantitative estimate of drug-likeness (QED) is 0.263. The maximum absolute atomic E-state index is 14.6. The highest BCUT2D eigenvalue weighted by molar-refractivity contribution is 7.92. The second-order valence-corrected chi connectivity index (χ2v) is 11.9. The number of alkyl halides is 3. The fourth-order valence-electron chi connectivity index (χ4n) is 3.99. The predicted molar refractivity (Wildman–Crippen MR) is 152 cm³/mol. The molecule has 0 saturated heterocycles. The van der Waals surface area contributed by atoms with E-state index in [9.17, 15) is 35.6 Å². The number of benzene rings is 3. The third kappa shape index (κ3) is 7.80. The molecule has 7 nitrogen and oxygen atoms in total. The molecule has 0 fully saturated rings. The molecule has 0 radical (unpaired) electrons. The Morgan fingerprint density at radius 1 is 0.976 bits per heavy atom. The van der Waals surface area contributed by atoms with Crippen molar-refractivity contribution in [1.29, 1.82) is 0 Å². The molecule has 3 aromatic rings. The Hall–Kier alpha value is -3.64. The Bertz CT molecular complexity index is 1520. The summed E-state index contributed by atoms with van der Waals surface area (Å²) in [4.78, 5) is 27.6. The molecule has 0 heterocycles. The first-order chi connectivity index (χ1) is 19.7. The minimum Gasteiger partial charge on any atom is -0.352 e. The van der Waals surface area contributed by atoms with E-state index in [-0.39, 0.29) is 16.5 Å². The number of nitrogens with one attached hydrogen (secondary N) is 1.